The van der Waals surface area contributed by atoms with E-state index in [1.807, 2.05) is 13.8 Å². The van der Waals surface area contributed by atoms with Gasteiger partial charge in [0.05, 0.1) is 5.56 Å². The number of hydrogen-bond acceptors (Lipinski definition) is 4. The van der Waals surface area contributed by atoms with Gasteiger partial charge in [0.25, 0.3) is 5.22 Å². The highest BCUT2D eigenvalue weighted by Crippen LogP contribution is 2.32. The number of fused-ring (bicyclic) bond motifs is 1. The molecule has 0 saturated carbocycles. The Kier molecular flexibility index (Phi) is 3.43. The lowest BCUT2D eigenvalue weighted by Crippen LogP contribution is -1.94. The Bertz CT molecular complexity index is 839. The Morgan fingerprint density at radius 1 is 1.19 bits per heavy atom. The van der Waals surface area contributed by atoms with Crippen LogP contribution >= 0.6 is 11.8 Å². The predicted octanol–water partition coefficient (Wildman–Crippen LogP) is 4.29. The van der Waals surface area contributed by atoms with Gasteiger partial charge in [0.15, 0.2) is 5.58 Å². The van der Waals surface area contributed by atoms with Crippen molar-refractivity contribution in [3.8, 4) is 0 Å². The molecule has 1 N–H and O–H groups in total. The van der Waals surface area contributed by atoms with Gasteiger partial charge in [-0.25, -0.2) is 9.78 Å². The number of aromatic carboxylic acids is 1. The summed E-state index contributed by atoms with van der Waals surface area (Å²) in [4.78, 5) is 16.4. The van der Waals surface area contributed by atoms with Gasteiger partial charge in [-0.2, -0.15) is 0 Å². The zero-order chi connectivity index (χ0) is 15.0. The molecule has 0 spiro atoms. The zero-order valence-corrected chi connectivity index (χ0v) is 12.4. The molecule has 5 heteroatoms. The molecule has 0 aliphatic rings. The number of aryl methyl sites for hydroxylation is 2. The number of rotatable bonds is 3. The fourth-order valence-corrected chi connectivity index (χ4v) is 2.93. The third kappa shape index (κ3) is 2.78. The second-order valence-corrected chi connectivity index (χ2v) is 5.83. The molecule has 0 bridgehead atoms. The first-order chi connectivity index (χ1) is 10.0. The maximum atomic E-state index is 11.0. The zero-order valence-electron chi connectivity index (χ0n) is 11.6. The van der Waals surface area contributed by atoms with Crippen LogP contribution in [0.15, 0.2) is 50.9 Å². The van der Waals surface area contributed by atoms with Crippen LogP contribution in [0.25, 0.3) is 11.1 Å². The maximum absolute atomic E-state index is 11.0. The van der Waals surface area contributed by atoms with Gasteiger partial charge < -0.3 is 9.52 Å². The summed E-state index contributed by atoms with van der Waals surface area (Å²) in [7, 11) is 0. The highest BCUT2D eigenvalue weighted by Gasteiger charge is 2.11. The summed E-state index contributed by atoms with van der Waals surface area (Å²) in [5, 5.41) is 9.50. The number of nitrogens with zero attached hydrogens (tertiary/aromatic N) is 1. The minimum Gasteiger partial charge on any atom is -0.478 e. The van der Waals surface area contributed by atoms with E-state index in [9.17, 15) is 4.79 Å². The van der Waals surface area contributed by atoms with Crippen LogP contribution in [0, 0.1) is 13.8 Å². The van der Waals surface area contributed by atoms with Crippen molar-refractivity contribution in [2.75, 3.05) is 0 Å². The number of carbonyl (C=O) groups is 1. The number of oxazole rings is 1. The van der Waals surface area contributed by atoms with Crippen LogP contribution in [-0.4, -0.2) is 16.1 Å². The molecule has 1 aromatic heterocycles. The molecule has 0 radical (unpaired) electrons. The second-order valence-electron chi connectivity index (χ2n) is 4.84. The van der Waals surface area contributed by atoms with Gasteiger partial charge >= 0.3 is 5.97 Å². The molecular weight excluding hydrogens is 286 g/mol. The minimum absolute atomic E-state index is 0.196. The molecule has 0 amide bonds. The molecule has 1 heterocycles. The average molecular weight is 299 g/mol. The lowest BCUT2D eigenvalue weighted by atomic mass is 10.2. The van der Waals surface area contributed by atoms with Crippen LogP contribution < -0.4 is 0 Å². The van der Waals surface area contributed by atoms with E-state index < -0.39 is 5.97 Å². The normalized spacial score (nSPS) is 11.0. The largest absolute Gasteiger partial charge is 0.478 e. The van der Waals surface area contributed by atoms with Crippen molar-refractivity contribution in [2.24, 2.45) is 0 Å². The molecule has 0 aliphatic carbocycles. The highest BCUT2D eigenvalue weighted by atomic mass is 32.2. The lowest BCUT2D eigenvalue weighted by molar-refractivity contribution is 0.0697. The highest BCUT2D eigenvalue weighted by molar-refractivity contribution is 7.99. The van der Waals surface area contributed by atoms with Crippen molar-refractivity contribution in [1.29, 1.82) is 0 Å². The summed E-state index contributed by atoms with van der Waals surface area (Å²) < 4.78 is 5.65. The molecule has 0 fully saturated rings. The smallest absolute Gasteiger partial charge is 0.335 e. The van der Waals surface area contributed by atoms with Crippen molar-refractivity contribution in [1.82, 2.24) is 4.98 Å². The molecule has 0 saturated heterocycles. The molecule has 0 aliphatic heterocycles. The van der Waals surface area contributed by atoms with Crippen LogP contribution in [0.2, 0.25) is 0 Å². The summed E-state index contributed by atoms with van der Waals surface area (Å²) in [6.45, 7) is 4.07. The summed E-state index contributed by atoms with van der Waals surface area (Å²) in [6.07, 6.45) is 0. The Labute approximate surface area is 125 Å². The molecule has 21 heavy (non-hydrogen) atoms. The van der Waals surface area contributed by atoms with E-state index >= 15 is 0 Å². The van der Waals surface area contributed by atoms with Crippen molar-refractivity contribution in [3.05, 3.63) is 53.1 Å². The van der Waals surface area contributed by atoms with Crippen molar-refractivity contribution < 1.29 is 14.3 Å². The van der Waals surface area contributed by atoms with Crippen molar-refractivity contribution >= 4 is 28.8 Å². The summed E-state index contributed by atoms with van der Waals surface area (Å²) in [6, 6.07) is 10.9. The van der Waals surface area contributed by atoms with E-state index in [4.69, 9.17) is 9.52 Å². The van der Waals surface area contributed by atoms with E-state index in [0.717, 1.165) is 10.5 Å². The fourth-order valence-electron chi connectivity index (χ4n) is 1.99. The number of carboxylic acid groups (broad SMARTS) is 1. The average Bonchev–Trinajstić information content (AvgIpc) is 2.84. The van der Waals surface area contributed by atoms with Crippen LogP contribution in [0.3, 0.4) is 0 Å². The van der Waals surface area contributed by atoms with E-state index in [2.05, 4.69) is 23.2 Å². The van der Waals surface area contributed by atoms with Crippen LogP contribution in [0.4, 0.5) is 0 Å². The number of benzene rings is 2. The minimum atomic E-state index is -0.975. The SMILES string of the molecule is Cc1ccc(C)c(Sc2nc3ccc(C(=O)O)cc3o2)c1. The summed E-state index contributed by atoms with van der Waals surface area (Å²) in [5.41, 5.74) is 3.67. The Hall–Kier alpha value is -2.27. The molecule has 106 valence electrons. The quantitative estimate of drug-likeness (QED) is 0.781. The van der Waals surface area contributed by atoms with Crippen LogP contribution in [0.1, 0.15) is 21.5 Å². The topological polar surface area (TPSA) is 63.3 Å². The molecule has 3 aromatic rings. The molecule has 0 unspecified atom stereocenters. The van der Waals surface area contributed by atoms with E-state index in [1.54, 1.807) is 6.07 Å². The third-order valence-electron chi connectivity index (χ3n) is 3.16. The van der Waals surface area contributed by atoms with E-state index in [1.165, 1.54) is 29.5 Å². The Morgan fingerprint density at radius 3 is 2.76 bits per heavy atom. The van der Waals surface area contributed by atoms with Gasteiger partial charge in [-0.05, 0) is 61.0 Å². The first-order valence-corrected chi connectivity index (χ1v) is 7.23. The van der Waals surface area contributed by atoms with Gasteiger partial charge in [-0.15, -0.1) is 0 Å². The van der Waals surface area contributed by atoms with Gasteiger partial charge in [0, 0.05) is 4.90 Å². The number of hydrogen-bond donors (Lipinski definition) is 1. The first-order valence-electron chi connectivity index (χ1n) is 6.42. The molecular formula is C16H13NO3S. The maximum Gasteiger partial charge on any atom is 0.335 e. The monoisotopic (exact) mass is 299 g/mol. The predicted molar refractivity (Wildman–Crippen MR) is 81.0 cm³/mol. The van der Waals surface area contributed by atoms with Crippen molar-refractivity contribution in [2.45, 2.75) is 24.0 Å². The van der Waals surface area contributed by atoms with Crippen LogP contribution in [0.5, 0.6) is 0 Å². The first kappa shape index (κ1) is 13.7. The Balaban J connectivity index is 1.97. The standard InChI is InChI=1S/C16H13NO3S/c1-9-3-4-10(2)14(7-9)21-16-17-12-6-5-11(15(18)19)8-13(12)20-16/h3-8H,1-2H3,(H,18,19). The Morgan fingerprint density at radius 2 is 2.00 bits per heavy atom. The second kappa shape index (κ2) is 5.26. The molecule has 3 rings (SSSR count). The van der Waals surface area contributed by atoms with Gasteiger partial charge in [0.1, 0.15) is 5.52 Å². The van der Waals surface area contributed by atoms with E-state index in [0.29, 0.717) is 16.3 Å². The summed E-state index contributed by atoms with van der Waals surface area (Å²) in [5.74, 6) is -0.975. The fraction of sp³-hybridized carbons (Fsp3) is 0.125. The lowest BCUT2D eigenvalue weighted by Gasteiger charge is -2.03. The van der Waals surface area contributed by atoms with Crippen LogP contribution in [-0.2, 0) is 0 Å². The number of carboxylic acids is 1. The number of aromatic nitrogens is 1. The van der Waals surface area contributed by atoms with Gasteiger partial charge in [-0.3, -0.25) is 0 Å². The molecule has 4 nitrogen and oxygen atoms in total. The third-order valence-corrected chi connectivity index (χ3v) is 4.17. The van der Waals surface area contributed by atoms with Gasteiger partial charge in [-0.1, -0.05) is 12.1 Å². The molecule has 2 aromatic carbocycles. The molecule has 0 atom stereocenters. The summed E-state index contributed by atoms with van der Waals surface area (Å²) >= 11 is 1.44. The van der Waals surface area contributed by atoms with E-state index in [-0.39, 0.29) is 5.56 Å². The van der Waals surface area contributed by atoms with Crippen molar-refractivity contribution in [3.63, 3.8) is 0 Å². The van der Waals surface area contributed by atoms with Gasteiger partial charge in [0.2, 0.25) is 0 Å².